The molecule has 0 aliphatic heterocycles. The molecule has 106 valence electrons. The maximum Gasteiger partial charge on any atom is 0.224 e. The van der Waals surface area contributed by atoms with Gasteiger partial charge in [-0.15, -0.1) is 0 Å². The Balaban J connectivity index is 1.98. The highest BCUT2D eigenvalue weighted by Crippen LogP contribution is 2.22. The molecule has 0 saturated heterocycles. The van der Waals surface area contributed by atoms with Crippen LogP contribution in [0.5, 0.6) is 0 Å². The number of hydrogen-bond donors (Lipinski definition) is 1. The minimum atomic E-state index is -0.625. The molecule has 0 aliphatic carbocycles. The number of carbonyl (C=O) groups is 1. The molecule has 0 fully saturated rings. The third kappa shape index (κ3) is 3.17. The van der Waals surface area contributed by atoms with Crippen LogP contribution in [-0.2, 0) is 11.2 Å². The number of anilines is 1. The van der Waals surface area contributed by atoms with E-state index in [1.54, 1.807) is 13.0 Å². The Kier molecular flexibility index (Phi) is 4.39. The largest absolute Gasteiger partial charge is 0.361 e. The van der Waals surface area contributed by atoms with E-state index >= 15 is 0 Å². The summed E-state index contributed by atoms with van der Waals surface area (Å²) in [4.78, 5) is 11.8. The maximum atomic E-state index is 13.6. The maximum absolute atomic E-state index is 13.6. The van der Waals surface area contributed by atoms with Crippen molar-refractivity contribution < 1.29 is 13.7 Å². The highest BCUT2D eigenvalue weighted by Gasteiger charge is 2.13. The molecule has 6 heteroatoms. The fourth-order valence-corrected chi connectivity index (χ4v) is 2.08. The molecule has 1 aromatic heterocycles. The lowest BCUT2D eigenvalue weighted by Gasteiger charge is -2.07. The van der Waals surface area contributed by atoms with Crippen molar-refractivity contribution in [3.8, 4) is 0 Å². The fraction of sp³-hybridized carbons (Fsp3) is 0.286. The van der Waals surface area contributed by atoms with Crippen molar-refractivity contribution in [1.82, 2.24) is 5.16 Å². The number of carbonyl (C=O) groups excluding carboxylic acids is 1. The van der Waals surface area contributed by atoms with E-state index < -0.39 is 5.82 Å². The normalized spacial score (nSPS) is 10.6. The van der Waals surface area contributed by atoms with E-state index in [0.717, 1.165) is 11.3 Å². The summed E-state index contributed by atoms with van der Waals surface area (Å²) in [5.74, 6) is -0.213. The minimum absolute atomic E-state index is 0.0199. The van der Waals surface area contributed by atoms with Gasteiger partial charge in [0.1, 0.15) is 5.76 Å². The molecule has 1 heterocycles. The summed E-state index contributed by atoms with van der Waals surface area (Å²) < 4.78 is 18.7. The van der Waals surface area contributed by atoms with Crippen LogP contribution in [0.15, 0.2) is 22.7 Å². The van der Waals surface area contributed by atoms with Crippen LogP contribution >= 0.6 is 11.6 Å². The lowest BCUT2D eigenvalue weighted by atomic mass is 10.1. The van der Waals surface area contributed by atoms with Crippen LogP contribution in [-0.4, -0.2) is 11.1 Å². The third-order valence-electron chi connectivity index (χ3n) is 3.01. The Hall–Kier alpha value is -1.88. The first-order valence-corrected chi connectivity index (χ1v) is 6.52. The van der Waals surface area contributed by atoms with E-state index in [0.29, 0.717) is 12.2 Å². The molecular formula is C14H14ClFN2O2. The Morgan fingerprint density at radius 2 is 2.20 bits per heavy atom. The standard InChI is InChI=1S/C14H14ClFN2O2/c1-8-10(9(2)20-18-8)6-7-13(19)17-12-5-3-4-11(15)14(12)16/h3-5H,6-7H2,1-2H3,(H,17,19). The van der Waals surface area contributed by atoms with Gasteiger partial charge in [-0.05, 0) is 32.4 Å². The molecule has 0 unspecified atom stereocenters. The first-order valence-electron chi connectivity index (χ1n) is 6.14. The Bertz CT molecular complexity index is 621. The van der Waals surface area contributed by atoms with E-state index in [1.165, 1.54) is 12.1 Å². The molecule has 20 heavy (non-hydrogen) atoms. The zero-order chi connectivity index (χ0) is 14.7. The summed E-state index contributed by atoms with van der Waals surface area (Å²) in [6.45, 7) is 3.62. The Morgan fingerprint density at radius 1 is 1.45 bits per heavy atom. The van der Waals surface area contributed by atoms with E-state index in [1.807, 2.05) is 6.92 Å². The highest BCUT2D eigenvalue weighted by molar-refractivity contribution is 6.31. The lowest BCUT2D eigenvalue weighted by molar-refractivity contribution is -0.116. The molecule has 0 radical (unpaired) electrons. The molecule has 2 aromatic rings. The zero-order valence-electron chi connectivity index (χ0n) is 11.2. The number of nitrogens with one attached hydrogen (secondary N) is 1. The summed E-state index contributed by atoms with van der Waals surface area (Å²) in [5.41, 5.74) is 1.76. The van der Waals surface area contributed by atoms with Gasteiger partial charge in [0.2, 0.25) is 5.91 Å². The Morgan fingerprint density at radius 3 is 2.85 bits per heavy atom. The van der Waals surface area contributed by atoms with Gasteiger partial charge in [0.05, 0.1) is 16.4 Å². The lowest BCUT2D eigenvalue weighted by Crippen LogP contribution is -2.13. The van der Waals surface area contributed by atoms with Gasteiger partial charge < -0.3 is 9.84 Å². The second-order valence-corrected chi connectivity index (χ2v) is 4.86. The van der Waals surface area contributed by atoms with Crippen molar-refractivity contribution in [1.29, 1.82) is 0 Å². The molecule has 0 bridgehead atoms. The molecule has 1 aromatic carbocycles. The molecule has 0 saturated carbocycles. The van der Waals surface area contributed by atoms with Crippen LogP contribution in [0.25, 0.3) is 0 Å². The SMILES string of the molecule is Cc1noc(C)c1CCC(=O)Nc1cccc(Cl)c1F. The van der Waals surface area contributed by atoms with Crippen molar-refractivity contribution in [2.75, 3.05) is 5.32 Å². The van der Waals surface area contributed by atoms with Gasteiger partial charge in [-0.3, -0.25) is 4.79 Å². The molecule has 1 N–H and O–H groups in total. The summed E-state index contributed by atoms with van der Waals surface area (Å²) in [6, 6.07) is 4.47. The van der Waals surface area contributed by atoms with Gasteiger partial charge in [0.15, 0.2) is 5.82 Å². The quantitative estimate of drug-likeness (QED) is 0.937. The number of benzene rings is 1. The number of amides is 1. The number of nitrogens with zero attached hydrogens (tertiary/aromatic N) is 1. The van der Waals surface area contributed by atoms with Crippen molar-refractivity contribution in [3.05, 3.63) is 46.1 Å². The molecular weight excluding hydrogens is 283 g/mol. The smallest absolute Gasteiger partial charge is 0.224 e. The number of hydrogen-bond acceptors (Lipinski definition) is 3. The van der Waals surface area contributed by atoms with Crippen LogP contribution in [0.4, 0.5) is 10.1 Å². The molecule has 1 amide bonds. The minimum Gasteiger partial charge on any atom is -0.361 e. The molecule has 0 spiro atoms. The van der Waals surface area contributed by atoms with Crippen molar-refractivity contribution in [3.63, 3.8) is 0 Å². The van der Waals surface area contributed by atoms with Crippen LogP contribution in [0, 0.1) is 19.7 Å². The van der Waals surface area contributed by atoms with Crippen LogP contribution in [0.2, 0.25) is 5.02 Å². The third-order valence-corrected chi connectivity index (χ3v) is 3.30. The van der Waals surface area contributed by atoms with Gasteiger partial charge >= 0.3 is 0 Å². The molecule has 0 aliphatic rings. The predicted molar refractivity (Wildman–Crippen MR) is 74.3 cm³/mol. The van der Waals surface area contributed by atoms with Crippen molar-refractivity contribution in [2.45, 2.75) is 26.7 Å². The number of aryl methyl sites for hydroxylation is 2. The monoisotopic (exact) mass is 296 g/mol. The highest BCUT2D eigenvalue weighted by atomic mass is 35.5. The van der Waals surface area contributed by atoms with Crippen LogP contribution in [0.1, 0.15) is 23.4 Å². The summed E-state index contributed by atoms with van der Waals surface area (Å²) in [7, 11) is 0. The number of aromatic nitrogens is 1. The van der Waals surface area contributed by atoms with E-state index in [-0.39, 0.29) is 23.0 Å². The van der Waals surface area contributed by atoms with E-state index in [9.17, 15) is 9.18 Å². The first kappa shape index (κ1) is 14.5. The Labute approximate surface area is 120 Å². The van der Waals surface area contributed by atoms with E-state index in [4.69, 9.17) is 16.1 Å². The second-order valence-electron chi connectivity index (χ2n) is 4.45. The van der Waals surface area contributed by atoms with Gasteiger partial charge in [-0.2, -0.15) is 0 Å². The van der Waals surface area contributed by atoms with Crippen LogP contribution in [0.3, 0.4) is 0 Å². The van der Waals surface area contributed by atoms with E-state index in [2.05, 4.69) is 10.5 Å². The average molecular weight is 297 g/mol. The fourth-order valence-electron chi connectivity index (χ4n) is 1.91. The number of rotatable bonds is 4. The molecule has 0 atom stereocenters. The van der Waals surface area contributed by atoms with Gasteiger partial charge in [0.25, 0.3) is 0 Å². The van der Waals surface area contributed by atoms with Gasteiger partial charge in [-0.1, -0.05) is 22.8 Å². The summed E-state index contributed by atoms with van der Waals surface area (Å²) in [6.07, 6.45) is 0.712. The summed E-state index contributed by atoms with van der Waals surface area (Å²) in [5, 5.41) is 6.30. The summed E-state index contributed by atoms with van der Waals surface area (Å²) >= 11 is 5.65. The van der Waals surface area contributed by atoms with Crippen molar-refractivity contribution >= 4 is 23.2 Å². The predicted octanol–water partition coefficient (Wildman–Crippen LogP) is 3.66. The van der Waals surface area contributed by atoms with Gasteiger partial charge in [0, 0.05) is 12.0 Å². The van der Waals surface area contributed by atoms with Crippen LogP contribution < -0.4 is 5.32 Å². The second kappa shape index (κ2) is 6.05. The molecule has 2 rings (SSSR count). The number of halogens is 2. The topological polar surface area (TPSA) is 55.1 Å². The van der Waals surface area contributed by atoms with Gasteiger partial charge in [-0.25, -0.2) is 4.39 Å². The average Bonchev–Trinajstić information content (AvgIpc) is 2.72. The van der Waals surface area contributed by atoms with Crippen molar-refractivity contribution in [2.24, 2.45) is 0 Å². The molecule has 4 nitrogen and oxygen atoms in total. The first-order chi connectivity index (χ1) is 9.49. The zero-order valence-corrected chi connectivity index (χ0v) is 11.9.